The minimum atomic E-state index is -3.39. The van der Waals surface area contributed by atoms with Crippen LogP contribution in [0, 0.1) is 5.82 Å². The Kier molecular flexibility index (Phi) is 4.04. The van der Waals surface area contributed by atoms with Gasteiger partial charge in [-0.25, -0.2) is 12.8 Å². The molecule has 0 aliphatic heterocycles. The monoisotopic (exact) mass is 279 g/mol. The van der Waals surface area contributed by atoms with Crippen molar-refractivity contribution in [2.45, 2.75) is 19.8 Å². The first-order chi connectivity index (χ1) is 7.64. The third-order valence-electron chi connectivity index (χ3n) is 2.53. The summed E-state index contributed by atoms with van der Waals surface area (Å²) in [6.07, 6.45) is 1.09. The van der Waals surface area contributed by atoms with Gasteiger partial charge in [0, 0.05) is 7.05 Å². The van der Waals surface area contributed by atoms with E-state index in [1.54, 1.807) is 0 Å². The van der Waals surface area contributed by atoms with Crippen molar-refractivity contribution in [3.8, 4) is 0 Å². The number of hydrogen-bond acceptors (Lipinski definition) is 2. The zero-order valence-electron chi connectivity index (χ0n) is 10.2. The summed E-state index contributed by atoms with van der Waals surface area (Å²) in [7, 11) is -1.97. The second-order valence-corrected chi connectivity index (χ2v) is 6.63. The molecule has 0 heterocycles. The fraction of sp³-hybridized carbons (Fsp3) is 0.455. The van der Waals surface area contributed by atoms with Gasteiger partial charge in [-0.15, -0.1) is 0 Å². The van der Waals surface area contributed by atoms with Crippen LogP contribution < -0.4 is 4.31 Å². The first-order valence-electron chi connectivity index (χ1n) is 5.07. The standard InChI is InChI=1S/C11H15ClFNO2S/c1-7(2)8-5-10(13)9(12)6-11(8)14(3)17(4,15)16/h5-7H,1-4H3. The fourth-order valence-electron chi connectivity index (χ4n) is 1.47. The maximum absolute atomic E-state index is 13.4. The molecule has 1 rings (SSSR count). The molecule has 0 aromatic heterocycles. The molecule has 0 spiro atoms. The lowest BCUT2D eigenvalue weighted by Gasteiger charge is -2.22. The summed E-state index contributed by atoms with van der Waals surface area (Å²) in [6.45, 7) is 3.73. The molecule has 0 amide bonds. The van der Waals surface area contributed by atoms with Crippen molar-refractivity contribution >= 4 is 27.3 Å². The van der Waals surface area contributed by atoms with Gasteiger partial charge in [0.25, 0.3) is 0 Å². The molecule has 0 bridgehead atoms. The Morgan fingerprint density at radius 3 is 2.29 bits per heavy atom. The molecule has 0 saturated carbocycles. The van der Waals surface area contributed by atoms with Crippen LogP contribution in [-0.2, 0) is 10.0 Å². The normalized spacial score (nSPS) is 11.9. The van der Waals surface area contributed by atoms with Crippen molar-refractivity contribution in [3.63, 3.8) is 0 Å². The molecule has 17 heavy (non-hydrogen) atoms. The van der Waals surface area contributed by atoms with E-state index in [-0.39, 0.29) is 10.9 Å². The Balaban J connectivity index is 3.46. The summed E-state index contributed by atoms with van der Waals surface area (Å²) >= 11 is 5.69. The number of halogens is 2. The minimum Gasteiger partial charge on any atom is -0.273 e. The Bertz CT molecular complexity index is 529. The third kappa shape index (κ3) is 3.10. The Morgan fingerprint density at radius 1 is 1.35 bits per heavy atom. The van der Waals surface area contributed by atoms with Crippen LogP contribution in [0.3, 0.4) is 0 Å². The topological polar surface area (TPSA) is 37.4 Å². The number of benzene rings is 1. The largest absolute Gasteiger partial charge is 0.273 e. The molecular weight excluding hydrogens is 265 g/mol. The van der Waals surface area contributed by atoms with Gasteiger partial charge in [0.05, 0.1) is 17.0 Å². The van der Waals surface area contributed by atoms with Crippen LogP contribution in [-0.4, -0.2) is 21.7 Å². The third-order valence-corrected chi connectivity index (χ3v) is 4.01. The zero-order chi connectivity index (χ0) is 13.4. The lowest BCUT2D eigenvalue weighted by molar-refractivity contribution is 0.599. The molecule has 0 aliphatic rings. The fourth-order valence-corrected chi connectivity index (χ4v) is 2.14. The van der Waals surface area contributed by atoms with Crippen molar-refractivity contribution in [3.05, 3.63) is 28.5 Å². The second-order valence-electron chi connectivity index (χ2n) is 4.21. The molecule has 0 unspecified atom stereocenters. The molecule has 3 nitrogen and oxygen atoms in total. The first-order valence-corrected chi connectivity index (χ1v) is 7.30. The van der Waals surface area contributed by atoms with Crippen LogP contribution in [0.5, 0.6) is 0 Å². The van der Waals surface area contributed by atoms with Crippen molar-refractivity contribution in [1.29, 1.82) is 0 Å². The van der Waals surface area contributed by atoms with E-state index < -0.39 is 15.8 Å². The summed E-state index contributed by atoms with van der Waals surface area (Å²) in [6, 6.07) is 2.62. The van der Waals surface area contributed by atoms with Gasteiger partial charge in [0.2, 0.25) is 10.0 Å². The van der Waals surface area contributed by atoms with Crippen LogP contribution in [0.4, 0.5) is 10.1 Å². The summed E-state index contributed by atoms with van der Waals surface area (Å²) in [5, 5.41) is -0.0834. The average molecular weight is 280 g/mol. The number of anilines is 1. The highest BCUT2D eigenvalue weighted by Crippen LogP contribution is 2.32. The van der Waals surface area contributed by atoms with Crippen molar-refractivity contribution in [1.82, 2.24) is 0 Å². The number of nitrogens with zero attached hydrogens (tertiary/aromatic N) is 1. The SMILES string of the molecule is CC(C)c1cc(F)c(Cl)cc1N(C)S(C)(=O)=O. The highest BCUT2D eigenvalue weighted by atomic mass is 35.5. The van der Waals surface area contributed by atoms with Crippen molar-refractivity contribution < 1.29 is 12.8 Å². The molecule has 1 aromatic rings. The maximum Gasteiger partial charge on any atom is 0.232 e. The molecule has 0 N–H and O–H groups in total. The average Bonchev–Trinajstić information content (AvgIpc) is 2.18. The van der Waals surface area contributed by atoms with Gasteiger partial charge in [-0.2, -0.15) is 0 Å². The van der Waals surface area contributed by atoms with Crippen molar-refractivity contribution in [2.75, 3.05) is 17.6 Å². The van der Waals surface area contributed by atoms with Gasteiger partial charge in [0.15, 0.2) is 0 Å². The predicted molar refractivity (Wildman–Crippen MR) is 68.7 cm³/mol. The molecule has 0 aliphatic carbocycles. The maximum atomic E-state index is 13.4. The van der Waals surface area contributed by atoms with Gasteiger partial charge >= 0.3 is 0 Å². The first kappa shape index (κ1) is 14.3. The second kappa shape index (κ2) is 4.82. The molecule has 6 heteroatoms. The summed E-state index contributed by atoms with van der Waals surface area (Å²) < 4.78 is 37.5. The molecular formula is C11H15ClFNO2S. The summed E-state index contributed by atoms with van der Waals surface area (Å²) in [5.74, 6) is -0.540. The summed E-state index contributed by atoms with van der Waals surface area (Å²) in [4.78, 5) is 0. The van der Waals surface area contributed by atoms with Gasteiger partial charge in [-0.05, 0) is 23.6 Å². The molecule has 0 fully saturated rings. The molecule has 0 radical (unpaired) electrons. The number of rotatable bonds is 3. The van der Waals surface area contributed by atoms with Crippen LogP contribution in [0.1, 0.15) is 25.3 Å². The quantitative estimate of drug-likeness (QED) is 0.853. The smallest absolute Gasteiger partial charge is 0.232 e. The van der Waals surface area contributed by atoms with Crippen LogP contribution >= 0.6 is 11.6 Å². The Morgan fingerprint density at radius 2 is 1.88 bits per heavy atom. The van der Waals surface area contributed by atoms with Gasteiger partial charge < -0.3 is 0 Å². The molecule has 0 saturated heterocycles. The molecule has 0 atom stereocenters. The van der Waals surface area contributed by atoms with E-state index in [0.717, 1.165) is 10.6 Å². The zero-order valence-corrected chi connectivity index (χ0v) is 11.7. The van der Waals surface area contributed by atoms with E-state index in [4.69, 9.17) is 11.6 Å². The highest BCUT2D eigenvalue weighted by Gasteiger charge is 2.19. The van der Waals surface area contributed by atoms with E-state index in [9.17, 15) is 12.8 Å². The lowest BCUT2D eigenvalue weighted by Crippen LogP contribution is -2.26. The van der Waals surface area contributed by atoms with Gasteiger partial charge in [-0.3, -0.25) is 4.31 Å². The predicted octanol–water partition coefficient (Wildman–Crippen LogP) is 3.00. The summed E-state index contributed by atoms with van der Waals surface area (Å²) in [5.41, 5.74) is 1.02. The van der Waals surface area contributed by atoms with Crippen LogP contribution in [0.15, 0.2) is 12.1 Å². The van der Waals surface area contributed by atoms with Gasteiger partial charge in [-0.1, -0.05) is 25.4 Å². The number of sulfonamides is 1. The number of hydrogen-bond donors (Lipinski definition) is 0. The Hall–Kier alpha value is -0.810. The van der Waals surface area contributed by atoms with E-state index in [1.807, 2.05) is 13.8 Å². The Labute approximate surface area is 106 Å². The van der Waals surface area contributed by atoms with E-state index in [0.29, 0.717) is 11.3 Å². The van der Waals surface area contributed by atoms with Crippen LogP contribution in [0.2, 0.25) is 5.02 Å². The minimum absolute atomic E-state index is 0.000895. The highest BCUT2D eigenvalue weighted by molar-refractivity contribution is 7.92. The van der Waals surface area contributed by atoms with Crippen LogP contribution in [0.25, 0.3) is 0 Å². The molecule has 1 aromatic carbocycles. The van der Waals surface area contributed by atoms with E-state index in [1.165, 1.54) is 19.2 Å². The van der Waals surface area contributed by atoms with E-state index in [2.05, 4.69) is 0 Å². The van der Waals surface area contributed by atoms with E-state index >= 15 is 0 Å². The molecule has 96 valence electrons. The van der Waals surface area contributed by atoms with Gasteiger partial charge in [0.1, 0.15) is 5.82 Å². The van der Waals surface area contributed by atoms with Crippen molar-refractivity contribution in [2.24, 2.45) is 0 Å². The lowest BCUT2D eigenvalue weighted by atomic mass is 10.0.